The van der Waals surface area contributed by atoms with Crippen molar-refractivity contribution in [3.63, 3.8) is 0 Å². The number of hydrogen-bond donors (Lipinski definition) is 3. The predicted octanol–water partition coefficient (Wildman–Crippen LogP) is 3.85. The summed E-state index contributed by atoms with van der Waals surface area (Å²) >= 11 is 1.72. The van der Waals surface area contributed by atoms with Crippen LogP contribution in [0, 0.1) is 6.92 Å². The summed E-state index contributed by atoms with van der Waals surface area (Å²) in [6, 6.07) is 21.5. The van der Waals surface area contributed by atoms with E-state index in [-0.39, 0.29) is 18.6 Å². The number of carbonyl (C=O) groups excluding carboxylic acids is 1. The zero-order valence-electron chi connectivity index (χ0n) is 23.2. The number of rotatable bonds is 10. The molecule has 5 rings (SSSR count). The molecule has 11 heteroatoms. The van der Waals surface area contributed by atoms with E-state index in [9.17, 15) is 14.8 Å². The van der Waals surface area contributed by atoms with E-state index in [0.29, 0.717) is 18.1 Å². The van der Waals surface area contributed by atoms with Crippen LogP contribution in [0.2, 0.25) is 0 Å². The fourth-order valence-electron chi connectivity index (χ4n) is 4.87. The molecule has 0 saturated heterocycles. The topological polar surface area (TPSA) is 122 Å². The van der Waals surface area contributed by atoms with Gasteiger partial charge in [-0.05, 0) is 49.7 Å². The van der Waals surface area contributed by atoms with Crippen molar-refractivity contribution in [2.24, 2.45) is 4.99 Å². The molecule has 1 aliphatic heterocycles. The number of aromatic nitrogens is 3. The normalized spacial score (nSPS) is 14.0. The molecule has 3 N–H and O–H groups in total. The number of amides is 1. The molecule has 210 valence electrons. The number of nitrogens with zero attached hydrogens (tertiary/aromatic N) is 4. The van der Waals surface area contributed by atoms with Gasteiger partial charge in [0, 0.05) is 34.6 Å². The Hall–Kier alpha value is -3.93. The standard InChI is InChI=1S/C30H32BN5O4S/c1-4-32-28(37)16-26-30-35-34-19(2)36(30)27-14-11-23(40-3)15-25(27)29(33-26)22-9-12-24(13-10-22)41-18-21-7-5-20(6-8-21)17-31(38)39/h5-15,26,38-39H,4,16-18H2,1-3H3,(H,32,37)/t26-/m0/s1. The Morgan fingerprint density at radius 3 is 2.46 bits per heavy atom. The summed E-state index contributed by atoms with van der Waals surface area (Å²) in [5, 5.41) is 30.0. The first-order valence-electron chi connectivity index (χ1n) is 13.5. The van der Waals surface area contributed by atoms with Gasteiger partial charge in [0.2, 0.25) is 5.91 Å². The molecule has 0 radical (unpaired) electrons. The van der Waals surface area contributed by atoms with Crippen molar-refractivity contribution in [3.8, 4) is 11.4 Å². The van der Waals surface area contributed by atoms with E-state index < -0.39 is 13.2 Å². The van der Waals surface area contributed by atoms with Gasteiger partial charge in [-0.3, -0.25) is 14.4 Å². The van der Waals surface area contributed by atoms with E-state index in [1.807, 2.05) is 60.9 Å². The Morgan fingerprint density at radius 1 is 1.05 bits per heavy atom. The van der Waals surface area contributed by atoms with Crippen LogP contribution >= 0.6 is 11.8 Å². The summed E-state index contributed by atoms with van der Waals surface area (Å²) in [6.45, 7) is 4.33. The van der Waals surface area contributed by atoms with Gasteiger partial charge < -0.3 is 20.1 Å². The molecular weight excluding hydrogens is 537 g/mol. The van der Waals surface area contributed by atoms with Crippen molar-refractivity contribution in [3.05, 3.63) is 101 Å². The average molecular weight is 569 g/mol. The number of thioether (sulfide) groups is 1. The Kier molecular flexibility index (Phi) is 8.87. The number of benzene rings is 3. The number of aryl methyl sites for hydroxylation is 1. The summed E-state index contributed by atoms with van der Waals surface area (Å²) in [6.07, 6.45) is 0.375. The SMILES string of the molecule is CCNC(=O)C[C@@H]1N=C(c2ccc(SCc3ccc(CB(O)O)cc3)cc2)c2cc(OC)ccc2-n2c(C)nnc21. The molecule has 1 amide bonds. The van der Waals surface area contributed by atoms with Gasteiger partial charge in [0.15, 0.2) is 5.82 Å². The highest BCUT2D eigenvalue weighted by Gasteiger charge is 2.30. The quantitative estimate of drug-likeness (QED) is 0.196. The first kappa shape index (κ1) is 28.6. The van der Waals surface area contributed by atoms with Crippen LogP contribution in [0.5, 0.6) is 5.75 Å². The van der Waals surface area contributed by atoms with Crippen LogP contribution in [0.3, 0.4) is 0 Å². The van der Waals surface area contributed by atoms with E-state index in [0.717, 1.165) is 50.1 Å². The Balaban J connectivity index is 1.46. The third-order valence-corrected chi connectivity index (χ3v) is 7.94. The Labute approximate surface area is 243 Å². The van der Waals surface area contributed by atoms with Crippen LogP contribution in [0.4, 0.5) is 0 Å². The van der Waals surface area contributed by atoms with Crippen LogP contribution in [0.25, 0.3) is 5.69 Å². The Morgan fingerprint density at radius 2 is 1.78 bits per heavy atom. The van der Waals surface area contributed by atoms with Gasteiger partial charge in [-0.15, -0.1) is 22.0 Å². The molecule has 2 heterocycles. The number of nitrogens with one attached hydrogen (secondary N) is 1. The summed E-state index contributed by atoms with van der Waals surface area (Å²) in [5.74, 6) is 2.74. The maximum Gasteiger partial charge on any atom is 0.456 e. The fourth-order valence-corrected chi connectivity index (χ4v) is 5.73. The lowest BCUT2D eigenvalue weighted by Gasteiger charge is -2.14. The second kappa shape index (κ2) is 12.7. The van der Waals surface area contributed by atoms with Gasteiger partial charge in [0.05, 0.1) is 24.9 Å². The molecule has 0 saturated carbocycles. The minimum Gasteiger partial charge on any atom is -0.497 e. The van der Waals surface area contributed by atoms with E-state index >= 15 is 0 Å². The maximum absolute atomic E-state index is 12.7. The first-order chi connectivity index (χ1) is 19.9. The summed E-state index contributed by atoms with van der Waals surface area (Å²) in [7, 11) is 0.295. The molecule has 41 heavy (non-hydrogen) atoms. The number of ether oxygens (including phenoxy) is 1. The van der Waals surface area contributed by atoms with Gasteiger partial charge in [-0.1, -0.05) is 42.0 Å². The van der Waals surface area contributed by atoms with Gasteiger partial charge in [-0.2, -0.15) is 0 Å². The number of hydrogen-bond acceptors (Lipinski definition) is 8. The summed E-state index contributed by atoms with van der Waals surface area (Å²) in [4.78, 5) is 18.9. The smallest absolute Gasteiger partial charge is 0.456 e. The average Bonchev–Trinajstić information content (AvgIpc) is 3.29. The molecule has 0 fully saturated rings. The van der Waals surface area contributed by atoms with Gasteiger partial charge in [-0.25, -0.2) is 0 Å². The van der Waals surface area contributed by atoms with Crippen LogP contribution in [-0.4, -0.2) is 57.2 Å². The molecule has 4 aromatic rings. The molecule has 1 atom stereocenters. The van der Waals surface area contributed by atoms with Crippen LogP contribution in [0.15, 0.2) is 76.6 Å². The molecule has 1 aromatic heterocycles. The third-order valence-electron chi connectivity index (χ3n) is 6.86. The largest absolute Gasteiger partial charge is 0.497 e. The molecule has 0 spiro atoms. The van der Waals surface area contributed by atoms with Crippen molar-refractivity contribution in [1.29, 1.82) is 0 Å². The first-order valence-corrected chi connectivity index (χ1v) is 14.5. The fraction of sp³-hybridized carbons (Fsp3) is 0.267. The van der Waals surface area contributed by atoms with E-state index in [1.54, 1.807) is 18.9 Å². The lowest BCUT2D eigenvalue weighted by Crippen LogP contribution is -2.25. The molecular formula is C30H32BN5O4S. The number of aliphatic imine (C=N–C) groups is 1. The zero-order chi connectivity index (χ0) is 28.9. The highest BCUT2D eigenvalue weighted by atomic mass is 32.2. The van der Waals surface area contributed by atoms with Crippen LogP contribution in [-0.2, 0) is 16.9 Å². The monoisotopic (exact) mass is 569 g/mol. The lowest BCUT2D eigenvalue weighted by molar-refractivity contribution is -0.121. The highest BCUT2D eigenvalue weighted by molar-refractivity contribution is 7.98. The maximum atomic E-state index is 12.7. The van der Waals surface area contributed by atoms with Crippen LogP contribution < -0.4 is 10.1 Å². The second-order valence-corrected chi connectivity index (χ2v) is 10.8. The van der Waals surface area contributed by atoms with E-state index in [1.165, 1.54) is 0 Å². The van der Waals surface area contributed by atoms with Gasteiger partial charge >= 0.3 is 7.12 Å². The van der Waals surface area contributed by atoms with Crippen molar-refractivity contribution in [2.75, 3.05) is 13.7 Å². The number of methoxy groups -OCH3 is 1. The zero-order valence-corrected chi connectivity index (χ0v) is 24.1. The third kappa shape index (κ3) is 6.53. The predicted molar refractivity (Wildman–Crippen MR) is 161 cm³/mol. The molecule has 0 unspecified atom stereocenters. The van der Waals surface area contributed by atoms with Crippen LogP contribution in [0.1, 0.15) is 53.3 Å². The van der Waals surface area contributed by atoms with Crippen molar-refractivity contribution in [1.82, 2.24) is 20.1 Å². The molecule has 9 nitrogen and oxygen atoms in total. The lowest BCUT2D eigenvalue weighted by atomic mass is 9.82. The molecule has 0 aliphatic carbocycles. The van der Waals surface area contributed by atoms with Crippen molar-refractivity contribution in [2.45, 2.75) is 43.3 Å². The number of fused-ring (bicyclic) bond motifs is 3. The van der Waals surface area contributed by atoms with Gasteiger partial charge in [0.25, 0.3) is 0 Å². The summed E-state index contributed by atoms with van der Waals surface area (Å²) < 4.78 is 7.54. The number of carbonyl (C=O) groups is 1. The highest BCUT2D eigenvalue weighted by Crippen LogP contribution is 2.35. The van der Waals surface area contributed by atoms with Crippen molar-refractivity contribution >= 4 is 30.5 Å². The summed E-state index contributed by atoms with van der Waals surface area (Å²) in [5.41, 5.74) is 5.48. The molecule has 1 aliphatic rings. The van der Waals surface area contributed by atoms with Gasteiger partial charge in [0.1, 0.15) is 17.6 Å². The minimum absolute atomic E-state index is 0.0938. The molecule has 3 aromatic carbocycles. The molecule has 0 bridgehead atoms. The Bertz CT molecular complexity index is 1550. The minimum atomic E-state index is -1.34. The van der Waals surface area contributed by atoms with E-state index in [4.69, 9.17) is 9.73 Å². The second-order valence-electron chi connectivity index (χ2n) is 9.79. The van der Waals surface area contributed by atoms with E-state index in [2.05, 4.69) is 39.8 Å². The van der Waals surface area contributed by atoms with Crippen molar-refractivity contribution < 1.29 is 19.6 Å².